The second kappa shape index (κ2) is 17.5. The number of primary amides is 1. The van der Waals surface area contributed by atoms with E-state index in [4.69, 9.17) is 5.73 Å². The fraction of sp³-hybridized carbons (Fsp3) is 0.800. The van der Waals surface area contributed by atoms with Gasteiger partial charge in [-0.3, -0.25) is 13.6 Å². The Morgan fingerprint density at radius 1 is 1.00 bits per heavy atom. The van der Waals surface area contributed by atoms with Crippen LogP contribution < -0.4 is 143 Å². The summed E-state index contributed by atoms with van der Waals surface area (Å²) in [4.78, 5) is 54.2. The van der Waals surface area contributed by atoms with Crippen LogP contribution in [-0.4, -0.2) is 20.7 Å². The van der Waals surface area contributed by atoms with Gasteiger partial charge in [-0.05, 0) is 25.2 Å². The summed E-state index contributed by atoms with van der Waals surface area (Å²) in [5.74, 6) is -3.95. The monoisotopic (exact) mass is 367 g/mol. The largest absolute Gasteiger partial charge is 1.00 e. The first kappa shape index (κ1) is 36.0. The number of carbonyl (C=O) groups excluding carboxylic acids is 2. The number of hydrogen-bond donors (Lipinski definition) is 1. The van der Waals surface area contributed by atoms with E-state index in [9.17, 15) is 29.1 Å². The van der Waals surface area contributed by atoms with E-state index in [-0.39, 0.29) is 131 Å². The van der Waals surface area contributed by atoms with Crippen molar-refractivity contribution in [1.29, 1.82) is 0 Å². The minimum atomic E-state index is -5.11. The van der Waals surface area contributed by atoms with E-state index in [1.54, 1.807) is 6.92 Å². The molecular weight excluding hydrogens is 350 g/mol. The van der Waals surface area contributed by atoms with Crippen molar-refractivity contribution in [3.63, 3.8) is 0 Å². The Morgan fingerprint density at radius 3 is 1.64 bits per heavy atom. The van der Waals surface area contributed by atoms with E-state index in [1.165, 1.54) is 0 Å². The van der Waals surface area contributed by atoms with E-state index in [2.05, 4.69) is 0 Å². The van der Waals surface area contributed by atoms with Gasteiger partial charge in [0.1, 0.15) is 0 Å². The molecule has 3 atom stereocenters. The van der Waals surface area contributed by atoms with Crippen molar-refractivity contribution in [3.05, 3.63) is 0 Å². The third kappa shape index (κ3) is 15.3. The molecule has 12 heteroatoms. The van der Waals surface area contributed by atoms with Crippen LogP contribution in [-0.2, 0) is 9.59 Å². The standard InChI is InChI=1S/C10H18NO6Si.4Na/c1-3-7(9(11)12)5-8(10(13)14)4-6(2)18(15,16)17;;;;/h6-8H,3-5H2,1-2H3,(H2,11,12)(H,13,14);;;;/q-3;4*+1/p-1/t6?,7-,8+;;;;/m1..../s1. The molecule has 1 amide bonds. The van der Waals surface area contributed by atoms with Gasteiger partial charge in [0, 0.05) is 11.9 Å². The van der Waals surface area contributed by atoms with Crippen LogP contribution in [0.15, 0.2) is 0 Å². The number of hydrogen-bond acceptors (Lipinski definition) is 6. The van der Waals surface area contributed by atoms with Gasteiger partial charge in [-0.2, -0.15) is 0 Å². The van der Waals surface area contributed by atoms with E-state index in [0.29, 0.717) is 6.42 Å². The minimum absolute atomic E-state index is 0. The molecule has 0 aliphatic rings. The quantitative estimate of drug-likeness (QED) is 0.421. The third-order valence-corrected chi connectivity index (χ3v) is 4.48. The van der Waals surface area contributed by atoms with Gasteiger partial charge in [-0.15, -0.1) is 0 Å². The minimum Gasteiger partial charge on any atom is -0.881 e. The molecule has 0 aliphatic carbocycles. The molecule has 0 radical (unpaired) electrons. The van der Waals surface area contributed by atoms with Crippen LogP contribution in [0.5, 0.6) is 0 Å². The fourth-order valence-electron chi connectivity index (χ4n) is 1.69. The van der Waals surface area contributed by atoms with Crippen LogP contribution in [0.25, 0.3) is 0 Å². The first-order chi connectivity index (χ1) is 8.09. The third-order valence-electron chi connectivity index (χ3n) is 3.04. The number of rotatable bonds is 8. The average molecular weight is 367 g/mol. The molecule has 0 heterocycles. The molecule has 0 aromatic carbocycles. The maximum atomic E-state index is 11.0. The summed E-state index contributed by atoms with van der Waals surface area (Å²) < 4.78 is 0. The van der Waals surface area contributed by atoms with E-state index in [0.717, 1.165) is 6.92 Å². The molecule has 22 heavy (non-hydrogen) atoms. The van der Waals surface area contributed by atoms with E-state index >= 15 is 0 Å². The Balaban J connectivity index is -0.000000241. The summed E-state index contributed by atoms with van der Waals surface area (Å²) in [6, 6.07) is 0. The molecule has 0 fully saturated rings. The summed E-state index contributed by atoms with van der Waals surface area (Å²) in [5, 5.41) is 10.9. The number of carboxylic acid groups (broad SMARTS) is 1. The smallest absolute Gasteiger partial charge is 0.881 e. The number of carbonyl (C=O) groups is 2. The van der Waals surface area contributed by atoms with Gasteiger partial charge >= 0.3 is 118 Å². The van der Waals surface area contributed by atoms with Crippen molar-refractivity contribution in [2.75, 3.05) is 0 Å². The van der Waals surface area contributed by atoms with Crippen molar-refractivity contribution in [3.8, 4) is 0 Å². The molecule has 0 saturated carbocycles. The Bertz CT molecular complexity index is 318. The number of nitrogens with two attached hydrogens (primary N) is 1. The molecule has 2 N–H and O–H groups in total. The van der Waals surface area contributed by atoms with Crippen molar-refractivity contribution in [2.45, 2.75) is 38.7 Å². The average Bonchev–Trinajstić information content (AvgIpc) is 2.21. The molecule has 0 aliphatic heterocycles. The normalized spacial score (nSPS) is 13.9. The molecule has 0 bridgehead atoms. The molecule has 7 nitrogen and oxygen atoms in total. The molecular formula is C10H17NNa4O6Si. The second-order valence-corrected chi connectivity index (χ2v) is 6.69. The van der Waals surface area contributed by atoms with Crippen LogP contribution in [0, 0.1) is 11.8 Å². The Kier molecular flexibility index (Phi) is 28.6. The fourth-order valence-corrected chi connectivity index (χ4v) is 2.26. The molecule has 0 aromatic heterocycles. The summed E-state index contributed by atoms with van der Waals surface area (Å²) in [5.41, 5.74) is 3.80. The molecule has 1 unspecified atom stereocenters. The zero-order valence-corrected chi connectivity index (χ0v) is 23.4. The van der Waals surface area contributed by atoms with Crippen molar-refractivity contribution >= 4 is 20.7 Å². The zero-order valence-electron chi connectivity index (χ0n) is 14.4. The number of carboxylic acids is 1. The van der Waals surface area contributed by atoms with Crippen LogP contribution in [0.3, 0.4) is 0 Å². The summed E-state index contributed by atoms with van der Waals surface area (Å²) in [6.45, 7) is 2.82. The van der Waals surface area contributed by atoms with Crippen LogP contribution in [0.1, 0.15) is 33.1 Å². The predicted octanol–water partition coefficient (Wildman–Crippen LogP) is -15.9. The van der Waals surface area contributed by atoms with Gasteiger partial charge in [-0.25, -0.2) is 0 Å². The van der Waals surface area contributed by atoms with Crippen LogP contribution in [0.2, 0.25) is 5.54 Å². The van der Waals surface area contributed by atoms with Gasteiger partial charge < -0.3 is 30.0 Å². The molecule has 106 valence electrons. The first-order valence-corrected chi connectivity index (χ1v) is 7.51. The number of aliphatic carboxylic acids is 1. The van der Waals surface area contributed by atoms with Crippen molar-refractivity contribution in [2.24, 2.45) is 17.6 Å². The number of amides is 1. The maximum Gasteiger partial charge on any atom is 1.00 e. The Labute approximate surface area is 220 Å². The molecule has 0 rings (SSSR count). The van der Waals surface area contributed by atoms with Crippen molar-refractivity contribution < 1.29 is 147 Å². The molecule has 0 spiro atoms. The molecule has 0 aromatic rings. The van der Waals surface area contributed by atoms with Gasteiger partial charge in [0.15, 0.2) is 0 Å². The Morgan fingerprint density at radius 2 is 1.41 bits per heavy atom. The van der Waals surface area contributed by atoms with Crippen LogP contribution >= 0.6 is 0 Å². The summed E-state index contributed by atoms with van der Waals surface area (Å²) in [7, 11) is -5.11. The van der Waals surface area contributed by atoms with Crippen LogP contribution in [0.4, 0.5) is 0 Å². The predicted molar refractivity (Wildman–Crippen MR) is 55.9 cm³/mol. The van der Waals surface area contributed by atoms with Gasteiger partial charge in [-0.1, -0.05) is 19.4 Å². The van der Waals surface area contributed by atoms with Crippen molar-refractivity contribution in [1.82, 2.24) is 0 Å². The second-order valence-electron chi connectivity index (χ2n) is 4.50. The van der Waals surface area contributed by atoms with Gasteiger partial charge in [0.05, 0.1) is 0 Å². The molecule has 0 saturated heterocycles. The summed E-state index contributed by atoms with van der Waals surface area (Å²) >= 11 is 0. The van der Waals surface area contributed by atoms with Gasteiger partial charge in [0.25, 0.3) is 0 Å². The summed E-state index contributed by atoms with van der Waals surface area (Å²) in [6.07, 6.45) is -0.111. The maximum absolute atomic E-state index is 11.0. The topological polar surface area (TPSA) is 152 Å². The van der Waals surface area contributed by atoms with E-state index in [1.807, 2.05) is 0 Å². The van der Waals surface area contributed by atoms with Gasteiger partial charge in [0.2, 0.25) is 5.91 Å². The zero-order chi connectivity index (χ0) is 14.5. The van der Waals surface area contributed by atoms with E-state index < -0.39 is 38.1 Å². The SMILES string of the molecule is CC[C@H](C[C@H](CC(C)[Si]([O-])([O-])[O-])C(=O)[O-])C(N)=O.[Na+].[Na+].[Na+].[Na+]. The first-order valence-electron chi connectivity index (χ1n) is 5.71. The Hall–Kier alpha value is 3.04.